The maximum absolute atomic E-state index is 11.4. The van der Waals surface area contributed by atoms with Gasteiger partial charge < -0.3 is 4.74 Å². The van der Waals surface area contributed by atoms with Gasteiger partial charge in [-0.2, -0.15) is 0 Å². The highest BCUT2D eigenvalue weighted by Gasteiger charge is 2.10. The SMILES string of the molecule is CC(C)Cc1cc(Cl)ccc1OCc1ccc(S(C)(=O)=O)cn1. The number of benzene rings is 1. The number of halogens is 1. The van der Waals surface area contributed by atoms with Crippen molar-refractivity contribution in [1.29, 1.82) is 0 Å². The number of nitrogens with zero attached hydrogens (tertiary/aromatic N) is 1. The molecule has 0 unspecified atom stereocenters. The third kappa shape index (κ3) is 5.22. The summed E-state index contributed by atoms with van der Waals surface area (Å²) in [5.41, 5.74) is 1.73. The average Bonchev–Trinajstić information content (AvgIpc) is 2.45. The number of rotatable bonds is 6. The summed E-state index contributed by atoms with van der Waals surface area (Å²) in [6, 6.07) is 8.76. The van der Waals surface area contributed by atoms with E-state index in [1.165, 1.54) is 12.3 Å². The predicted octanol–water partition coefficient (Wildman–Crippen LogP) is 3.92. The molecule has 0 atom stereocenters. The number of aromatic nitrogens is 1. The number of pyridine rings is 1. The molecule has 0 aliphatic rings. The first-order chi connectivity index (χ1) is 10.8. The van der Waals surface area contributed by atoms with Crippen LogP contribution in [-0.4, -0.2) is 19.7 Å². The zero-order valence-electron chi connectivity index (χ0n) is 13.4. The molecule has 0 bridgehead atoms. The van der Waals surface area contributed by atoms with Gasteiger partial charge >= 0.3 is 0 Å². The van der Waals surface area contributed by atoms with E-state index in [1.54, 1.807) is 12.1 Å². The summed E-state index contributed by atoms with van der Waals surface area (Å²) in [6.07, 6.45) is 3.38. The Kier molecular flexibility index (Phi) is 5.65. The second-order valence-electron chi connectivity index (χ2n) is 5.90. The second-order valence-corrected chi connectivity index (χ2v) is 8.35. The fourth-order valence-electron chi connectivity index (χ4n) is 2.16. The summed E-state index contributed by atoms with van der Waals surface area (Å²) in [5, 5.41) is 0.684. The highest BCUT2D eigenvalue weighted by molar-refractivity contribution is 7.90. The lowest BCUT2D eigenvalue weighted by molar-refractivity contribution is 0.297. The highest BCUT2D eigenvalue weighted by atomic mass is 35.5. The minimum absolute atomic E-state index is 0.202. The Morgan fingerprint density at radius 2 is 1.96 bits per heavy atom. The molecule has 1 heterocycles. The molecule has 0 saturated carbocycles. The van der Waals surface area contributed by atoms with E-state index < -0.39 is 9.84 Å². The summed E-state index contributed by atoms with van der Waals surface area (Å²) in [5.74, 6) is 1.26. The standard InChI is InChI=1S/C17H20ClNO3S/c1-12(2)8-13-9-14(18)4-7-17(13)22-11-15-5-6-16(10-19-15)23(3,20)21/h4-7,9-10,12H,8,11H2,1-3H3. The zero-order chi connectivity index (χ0) is 17.0. The average molecular weight is 354 g/mol. The number of ether oxygens (including phenoxy) is 1. The van der Waals surface area contributed by atoms with Crippen molar-refractivity contribution < 1.29 is 13.2 Å². The smallest absolute Gasteiger partial charge is 0.177 e. The summed E-state index contributed by atoms with van der Waals surface area (Å²) < 4.78 is 28.7. The molecule has 0 radical (unpaired) electrons. The molecule has 4 nitrogen and oxygen atoms in total. The molecule has 1 aromatic heterocycles. The van der Waals surface area contributed by atoms with Crippen LogP contribution < -0.4 is 4.74 Å². The van der Waals surface area contributed by atoms with Crippen LogP contribution in [0.15, 0.2) is 41.4 Å². The Morgan fingerprint density at radius 3 is 2.52 bits per heavy atom. The van der Waals surface area contributed by atoms with E-state index >= 15 is 0 Å². The Bertz CT molecular complexity index is 771. The monoisotopic (exact) mass is 353 g/mol. The van der Waals surface area contributed by atoms with Gasteiger partial charge in [0.2, 0.25) is 0 Å². The van der Waals surface area contributed by atoms with Crippen molar-refractivity contribution in [3.8, 4) is 5.75 Å². The lowest BCUT2D eigenvalue weighted by Gasteiger charge is -2.13. The topological polar surface area (TPSA) is 56.3 Å². The molecular formula is C17H20ClNO3S. The largest absolute Gasteiger partial charge is 0.487 e. The van der Waals surface area contributed by atoms with Gasteiger partial charge in [0.25, 0.3) is 0 Å². The Labute approximate surface area is 142 Å². The van der Waals surface area contributed by atoms with E-state index in [-0.39, 0.29) is 11.5 Å². The van der Waals surface area contributed by atoms with Gasteiger partial charge in [-0.05, 0) is 48.2 Å². The van der Waals surface area contributed by atoms with Crippen molar-refractivity contribution in [2.75, 3.05) is 6.26 Å². The fourth-order valence-corrected chi connectivity index (χ4v) is 2.91. The van der Waals surface area contributed by atoms with Gasteiger partial charge in [0, 0.05) is 17.5 Å². The maximum Gasteiger partial charge on any atom is 0.177 e. The van der Waals surface area contributed by atoms with E-state index in [2.05, 4.69) is 18.8 Å². The molecule has 0 fully saturated rings. The molecule has 1 aromatic carbocycles. The Morgan fingerprint density at radius 1 is 1.22 bits per heavy atom. The van der Waals surface area contributed by atoms with Crippen LogP contribution in [0.5, 0.6) is 5.75 Å². The molecule has 0 aliphatic heterocycles. The van der Waals surface area contributed by atoms with Gasteiger partial charge in [-0.1, -0.05) is 25.4 Å². The molecule has 0 saturated heterocycles. The predicted molar refractivity (Wildman–Crippen MR) is 91.7 cm³/mol. The molecule has 2 rings (SSSR count). The highest BCUT2D eigenvalue weighted by Crippen LogP contribution is 2.26. The van der Waals surface area contributed by atoms with Crippen molar-refractivity contribution in [3.63, 3.8) is 0 Å². The summed E-state index contributed by atoms with van der Waals surface area (Å²) in [4.78, 5) is 4.34. The Hall–Kier alpha value is -1.59. The lowest BCUT2D eigenvalue weighted by atomic mass is 10.0. The molecule has 6 heteroatoms. The first-order valence-corrected chi connectivity index (χ1v) is 9.59. The molecule has 0 aliphatic carbocycles. The third-order valence-corrected chi connectivity index (χ3v) is 4.58. The molecule has 0 amide bonds. The zero-order valence-corrected chi connectivity index (χ0v) is 15.0. The molecule has 2 aromatic rings. The molecule has 124 valence electrons. The van der Waals surface area contributed by atoms with Gasteiger partial charge in [-0.15, -0.1) is 0 Å². The van der Waals surface area contributed by atoms with Crippen LogP contribution >= 0.6 is 11.6 Å². The van der Waals surface area contributed by atoms with E-state index in [4.69, 9.17) is 16.3 Å². The van der Waals surface area contributed by atoms with Crippen LogP contribution in [0.1, 0.15) is 25.1 Å². The first-order valence-electron chi connectivity index (χ1n) is 7.32. The van der Waals surface area contributed by atoms with Crippen molar-refractivity contribution in [1.82, 2.24) is 4.98 Å². The van der Waals surface area contributed by atoms with E-state index in [0.29, 0.717) is 16.6 Å². The van der Waals surface area contributed by atoms with Crippen LogP contribution in [0, 0.1) is 5.92 Å². The van der Waals surface area contributed by atoms with Gasteiger partial charge in [0.1, 0.15) is 12.4 Å². The molecule has 0 N–H and O–H groups in total. The minimum atomic E-state index is -3.23. The van der Waals surface area contributed by atoms with Crippen molar-refractivity contribution in [2.24, 2.45) is 5.92 Å². The minimum Gasteiger partial charge on any atom is -0.487 e. The Balaban J connectivity index is 2.11. The van der Waals surface area contributed by atoms with E-state index in [9.17, 15) is 8.42 Å². The van der Waals surface area contributed by atoms with Gasteiger partial charge in [-0.3, -0.25) is 4.98 Å². The van der Waals surface area contributed by atoms with Gasteiger partial charge in [-0.25, -0.2) is 8.42 Å². The van der Waals surface area contributed by atoms with E-state index in [1.807, 2.05) is 12.1 Å². The normalized spacial score (nSPS) is 11.7. The quantitative estimate of drug-likeness (QED) is 0.789. The molecular weight excluding hydrogens is 334 g/mol. The van der Waals surface area contributed by atoms with Crippen LogP contribution in [0.25, 0.3) is 0 Å². The number of hydrogen-bond donors (Lipinski definition) is 0. The number of sulfone groups is 1. The summed E-state index contributed by atoms with van der Waals surface area (Å²) in [6.45, 7) is 4.54. The molecule has 0 spiro atoms. The summed E-state index contributed by atoms with van der Waals surface area (Å²) in [7, 11) is -3.23. The maximum atomic E-state index is 11.4. The van der Waals surface area contributed by atoms with Crippen LogP contribution in [0.2, 0.25) is 5.02 Å². The molecule has 23 heavy (non-hydrogen) atoms. The van der Waals surface area contributed by atoms with Crippen LogP contribution in [0.3, 0.4) is 0 Å². The lowest BCUT2D eigenvalue weighted by Crippen LogP contribution is -2.04. The van der Waals surface area contributed by atoms with Crippen LogP contribution in [0.4, 0.5) is 0 Å². The van der Waals surface area contributed by atoms with Gasteiger partial charge in [0.15, 0.2) is 9.84 Å². The van der Waals surface area contributed by atoms with Crippen molar-refractivity contribution in [2.45, 2.75) is 31.8 Å². The first kappa shape index (κ1) is 17.8. The van der Waals surface area contributed by atoms with Crippen LogP contribution in [-0.2, 0) is 22.9 Å². The van der Waals surface area contributed by atoms with Gasteiger partial charge in [0.05, 0.1) is 10.6 Å². The second kappa shape index (κ2) is 7.32. The number of hydrogen-bond acceptors (Lipinski definition) is 4. The summed E-state index contributed by atoms with van der Waals surface area (Å²) >= 11 is 6.05. The van der Waals surface area contributed by atoms with Crippen molar-refractivity contribution in [3.05, 3.63) is 52.8 Å². The van der Waals surface area contributed by atoms with Crippen molar-refractivity contribution >= 4 is 21.4 Å². The third-order valence-electron chi connectivity index (χ3n) is 3.25. The van der Waals surface area contributed by atoms with E-state index in [0.717, 1.165) is 24.0 Å². The fraction of sp³-hybridized carbons (Fsp3) is 0.353.